The molecule has 0 saturated carbocycles. The van der Waals surface area contributed by atoms with E-state index in [2.05, 4.69) is 32.3 Å². The van der Waals surface area contributed by atoms with Gasteiger partial charge in [-0.3, -0.25) is 5.10 Å². The monoisotopic (exact) mass is 504 g/mol. The van der Waals surface area contributed by atoms with Crippen LogP contribution in [0.1, 0.15) is 37.1 Å². The van der Waals surface area contributed by atoms with E-state index in [1.165, 1.54) is 0 Å². The molecule has 1 fully saturated rings. The van der Waals surface area contributed by atoms with Gasteiger partial charge in [0, 0.05) is 36.1 Å². The van der Waals surface area contributed by atoms with Gasteiger partial charge in [-0.1, -0.05) is 17.7 Å². The summed E-state index contributed by atoms with van der Waals surface area (Å²) < 4.78 is 5.42. The Balaban J connectivity index is 0.00000261. The van der Waals surface area contributed by atoms with E-state index in [-0.39, 0.29) is 24.0 Å². The molecule has 9 heteroatoms. The smallest absolute Gasteiger partial charge is 0.194 e. The van der Waals surface area contributed by atoms with Crippen LogP contribution in [0.25, 0.3) is 0 Å². The van der Waals surface area contributed by atoms with Crippen molar-refractivity contribution in [3.05, 3.63) is 40.9 Å². The second-order valence-electron chi connectivity index (χ2n) is 6.26. The highest BCUT2D eigenvalue weighted by molar-refractivity contribution is 14.0. The van der Waals surface area contributed by atoms with Crippen LogP contribution in [0.5, 0.6) is 5.75 Å². The van der Waals surface area contributed by atoms with Crippen LogP contribution in [0, 0.1) is 0 Å². The maximum absolute atomic E-state index is 6.04. The first-order valence-corrected chi connectivity index (χ1v) is 9.30. The van der Waals surface area contributed by atoms with Crippen molar-refractivity contribution < 1.29 is 4.74 Å². The van der Waals surface area contributed by atoms with Gasteiger partial charge < -0.3 is 15.0 Å². The number of guanidine groups is 1. The predicted octanol–water partition coefficient (Wildman–Crippen LogP) is 3.43. The maximum atomic E-state index is 6.04. The third-order valence-electron chi connectivity index (χ3n) is 4.60. The molecule has 1 aliphatic heterocycles. The molecule has 1 aromatic heterocycles. The second kappa shape index (κ2) is 10.7. The van der Waals surface area contributed by atoms with Crippen molar-refractivity contribution in [1.29, 1.82) is 0 Å². The molecular formula is C18H26ClIN6O. The number of ether oxygens (including phenoxy) is 1. The van der Waals surface area contributed by atoms with E-state index in [1.807, 2.05) is 18.2 Å². The fourth-order valence-corrected chi connectivity index (χ4v) is 3.37. The zero-order valence-corrected chi connectivity index (χ0v) is 18.7. The lowest BCUT2D eigenvalue weighted by Crippen LogP contribution is -2.45. The van der Waals surface area contributed by atoms with E-state index in [4.69, 9.17) is 21.3 Å². The largest absolute Gasteiger partial charge is 0.496 e. The SMILES string of the molecule is CCNC(=NCc1ccc(Cl)cc1OC)N1CCC(c2ncn[nH]2)CC1.I. The van der Waals surface area contributed by atoms with Crippen LogP contribution in [-0.4, -0.2) is 52.8 Å². The van der Waals surface area contributed by atoms with Crippen molar-refractivity contribution in [3.63, 3.8) is 0 Å². The average Bonchev–Trinajstić information content (AvgIpc) is 3.21. The van der Waals surface area contributed by atoms with Crippen LogP contribution in [0.2, 0.25) is 5.02 Å². The molecule has 2 N–H and O–H groups in total. The average molecular weight is 505 g/mol. The zero-order valence-electron chi connectivity index (χ0n) is 15.6. The van der Waals surface area contributed by atoms with Gasteiger partial charge in [-0.15, -0.1) is 24.0 Å². The van der Waals surface area contributed by atoms with Crippen molar-refractivity contribution in [2.45, 2.75) is 32.2 Å². The number of aromatic amines is 1. The Morgan fingerprint density at radius 1 is 1.41 bits per heavy atom. The number of benzene rings is 1. The van der Waals surface area contributed by atoms with Crippen LogP contribution >= 0.6 is 35.6 Å². The first kappa shape index (κ1) is 21.7. The molecule has 0 amide bonds. The zero-order chi connectivity index (χ0) is 18.4. The molecule has 0 bridgehead atoms. The van der Waals surface area contributed by atoms with Crippen LogP contribution in [-0.2, 0) is 6.54 Å². The van der Waals surface area contributed by atoms with Gasteiger partial charge in [-0.05, 0) is 31.9 Å². The van der Waals surface area contributed by atoms with Gasteiger partial charge in [0.1, 0.15) is 17.9 Å². The van der Waals surface area contributed by atoms with Crippen LogP contribution in [0.15, 0.2) is 29.5 Å². The fourth-order valence-electron chi connectivity index (χ4n) is 3.21. The summed E-state index contributed by atoms with van der Waals surface area (Å²) in [6.07, 6.45) is 3.64. The molecule has 1 aliphatic rings. The third kappa shape index (κ3) is 5.71. The predicted molar refractivity (Wildman–Crippen MR) is 118 cm³/mol. The molecule has 0 radical (unpaired) electrons. The lowest BCUT2D eigenvalue weighted by Gasteiger charge is -2.33. The number of hydrogen-bond donors (Lipinski definition) is 2. The molecule has 27 heavy (non-hydrogen) atoms. The number of aromatic nitrogens is 3. The third-order valence-corrected chi connectivity index (χ3v) is 4.83. The van der Waals surface area contributed by atoms with Gasteiger partial charge in [0.15, 0.2) is 5.96 Å². The van der Waals surface area contributed by atoms with Crippen LogP contribution in [0.4, 0.5) is 0 Å². The van der Waals surface area contributed by atoms with Crippen molar-refractivity contribution in [2.75, 3.05) is 26.7 Å². The maximum Gasteiger partial charge on any atom is 0.194 e. The molecule has 0 spiro atoms. The summed E-state index contributed by atoms with van der Waals surface area (Å²) in [4.78, 5) is 11.4. The topological polar surface area (TPSA) is 78.4 Å². The molecule has 3 rings (SSSR count). The number of methoxy groups -OCH3 is 1. The molecule has 0 atom stereocenters. The molecule has 1 aromatic carbocycles. The summed E-state index contributed by atoms with van der Waals surface area (Å²) in [6, 6.07) is 5.65. The van der Waals surface area contributed by atoms with Gasteiger partial charge in [-0.25, -0.2) is 9.98 Å². The first-order chi connectivity index (χ1) is 12.7. The number of nitrogens with one attached hydrogen (secondary N) is 2. The Bertz CT molecular complexity index is 731. The lowest BCUT2D eigenvalue weighted by atomic mass is 9.96. The Kier molecular flexibility index (Phi) is 8.62. The standard InChI is InChI=1S/C18H25ClN6O.HI/c1-3-20-18(21-11-14-4-5-15(19)10-16(14)26-2)25-8-6-13(7-9-25)17-22-12-23-24-17;/h4-5,10,12-13H,3,6-9,11H2,1-2H3,(H,20,21)(H,22,23,24);1H. The van der Waals surface area contributed by atoms with E-state index in [1.54, 1.807) is 13.4 Å². The highest BCUT2D eigenvalue weighted by Crippen LogP contribution is 2.26. The van der Waals surface area contributed by atoms with Gasteiger partial charge in [0.25, 0.3) is 0 Å². The van der Waals surface area contributed by atoms with Crippen molar-refractivity contribution in [2.24, 2.45) is 4.99 Å². The Morgan fingerprint density at radius 2 is 2.19 bits per heavy atom. The normalized spacial score (nSPS) is 15.4. The van der Waals surface area contributed by atoms with Crippen molar-refractivity contribution >= 4 is 41.5 Å². The number of likely N-dealkylation sites (tertiary alicyclic amines) is 1. The van der Waals surface area contributed by atoms with Gasteiger partial charge in [0.05, 0.1) is 13.7 Å². The molecule has 7 nitrogen and oxygen atoms in total. The van der Waals surface area contributed by atoms with E-state index in [0.717, 1.165) is 55.6 Å². The van der Waals surface area contributed by atoms with Gasteiger partial charge in [-0.2, -0.15) is 5.10 Å². The number of aliphatic imine (C=N–C) groups is 1. The number of halogens is 2. The summed E-state index contributed by atoms with van der Waals surface area (Å²) in [5.74, 6) is 3.12. The van der Waals surface area contributed by atoms with Crippen molar-refractivity contribution in [1.82, 2.24) is 25.4 Å². The highest BCUT2D eigenvalue weighted by atomic mass is 127. The number of rotatable bonds is 5. The number of H-pyrrole nitrogens is 1. The Labute approximate surface area is 182 Å². The Hall–Kier alpha value is -1.55. The minimum atomic E-state index is 0. The Morgan fingerprint density at radius 3 is 2.81 bits per heavy atom. The van der Waals surface area contributed by atoms with Crippen LogP contribution < -0.4 is 10.1 Å². The van der Waals surface area contributed by atoms with Gasteiger partial charge >= 0.3 is 0 Å². The van der Waals surface area contributed by atoms with E-state index in [0.29, 0.717) is 17.5 Å². The van der Waals surface area contributed by atoms with E-state index in [9.17, 15) is 0 Å². The molecular weight excluding hydrogens is 479 g/mol. The quantitative estimate of drug-likeness (QED) is 0.371. The summed E-state index contributed by atoms with van der Waals surface area (Å²) in [7, 11) is 1.65. The minimum absolute atomic E-state index is 0. The molecule has 1 saturated heterocycles. The van der Waals surface area contributed by atoms with E-state index >= 15 is 0 Å². The lowest BCUT2D eigenvalue weighted by molar-refractivity contribution is 0.298. The van der Waals surface area contributed by atoms with Crippen LogP contribution in [0.3, 0.4) is 0 Å². The summed E-state index contributed by atoms with van der Waals surface area (Å²) >= 11 is 6.04. The number of nitrogens with zero attached hydrogens (tertiary/aromatic N) is 4. The molecule has 0 unspecified atom stereocenters. The summed E-state index contributed by atoms with van der Waals surface area (Å²) in [5.41, 5.74) is 1.02. The summed E-state index contributed by atoms with van der Waals surface area (Å²) in [6.45, 7) is 5.34. The minimum Gasteiger partial charge on any atom is -0.496 e. The molecule has 2 heterocycles. The van der Waals surface area contributed by atoms with E-state index < -0.39 is 0 Å². The molecule has 148 valence electrons. The number of hydrogen-bond acceptors (Lipinski definition) is 4. The summed E-state index contributed by atoms with van der Waals surface area (Å²) in [5, 5.41) is 11.0. The van der Waals surface area contributed by atoms with Gasteiger partial charge in [0.2, 0.25) is 0 Å². The number of piperidine rings is 1. The highest BCUT2D eigenvalue weighted by Gasteiger charge is 2.24. The second-order valence-corrected chi connectivity index (χ2v) is 6.69. The molecule has 0 aliphatic carbocycles. The first-order valence-electron chi connectivity index (χ1n) is 8.92. The fraction of sp³-hybridized carbons (Fsp3) is 0.500. The van der Waals surface area contributed by atoms with Crippen molar-refractivity contribution in [3.8, 4) is 5.75 Å². The molecule has 2 aromatic rings.